The molecule has 5 nitrogen and oxygen atoms in total. The molecule has 6 heteroatoms. The van der Waals surface area contributed by atoms with Crippen LogP contribution in [0, 0.1) is 0 Å². The van der Waals surface area contributed by atoms with Crippen LogP contribution in [-0.4, -0.2) is 26.4 Å². The highest BCUT2D eigenvalue weighted by molar-refractivity contribution is 7.09. The third-order valence-corrected chi connectivity index (χ3v) is 5.13. The number of para-hydroxylation sites is 1. The predicted molar refractivity (Wildman–Crippen MR) is 98.4 cm³/mol. The third-order valence-electron chi connectivity index (χ3n) is 3.93. The average Bonchev–Trinajstić information content (AvgIpc) is 3.03. The van der Waals surface area contributed by atoms with Crippen LogP contribution in [0.5, 0.6) is 0 Å². The number of nitrogens with one attached hydrogen (secondary N) is 1. The van der Waals surface area contributed by atoms with Gasteiger partial charge in [-0.3, -0.25) is 9.69 Å². The fourth-order valence-electron chi connectivity index (χ4n) is 2.59. The van der Waals surface area contributed by atoms with E-state index in [2.05, 4.69) is 41.0 Å². The largest absolute Gasteiger partial charge is 0.309 e. The minimum absolute atomic E-state index is 0.0811. The van der Waals surface area contributed by atoms with Crippen LogP contribution < -0.4 is 5.56 Å². The maximum atomic E-state index is 12.2. The lowest BCUT2D eigenvalue weighted by Gasteiger charge is -2.18. The second-order valence-corrected chi connectivity index (χ2v) is 7.05. The molecule has 0 saturated heterocycles. The standard InChI is InChI=1S/C18H22N4OS/c1-4-22(9-13-11-24-18(19-13)12(2)3)10-16-20-15-8-6-5-7-14(15)17(23)21-16/h5-8,11-12H,4,9-10H2,1-3H3,(H,20,21,23). The maximum absolute atomic E-state index is 12.2. The monoisotopic (exact) mass is 342 g/mol. The van der Waals surface area contributed by atoms with Crippen molar-refractivity contribution >= 4 is 22.2 Å². The molecule has 126 valence electrons. The van der Waals surface area contributed by atoms with Gasteiger partial charge in [0.2, 0.25) is 0 Å². The molecule has 3 aromatic rings. The minimum atomic E-state index is -0.0811. The molecule has 0 aliphatic carbocycles. The SMILES string of the molecule is CCN(Cc1csc(C(C)C)n1)Cc1nc2ccccc2c(=O)[nH]1. The summed E-state index contributed by atoms with van der Waals surface area (Å²) in [6, 6.07) is 7.43. The van der Waals surface area contributed by atoms with E-state index in [0.29, 0.717) is 23.7 Å². The summed E-state index contributed by atoms with van der Waals surface area (Å²) in [5.41, 5.74) is 1.74. The fourth-order valence-corrected chi connectivity index (χ4v) is 3.42. The van der Waals surface area contributed by atoms with Gasteiger partial charge in [0.1, 0.15) is 5.82 Å². The summed E-state index contributed by atoms with van der Waals surface area (Å²) >= 11 is 1.71. The van der Waals surface area contributed by atoms with Crippen molar-refractivity contribution in [1.82, 2.24) is 19.9 Å². The Labute approximate surface area is 145 Å². The van der Waals surface area contributed by atoms with Crippen LogP contribution in [0.3, 0.4) is 0 Å². The molecule has 1 N–H and O–H groups in total. The lowest BCUT2D eigenvalue weighted by Crippen LogP contribution is -2.25. The molecule has 0 unspecified atom stereocenters. The molecule has 0 saturated carbocycles. The Morgan fingerprint density at radius 1 is 1.21 bits per heavy atom. The molecular formula is C18H22N4OS. The molecule has 24 heavy (non-hydrogen) atoms. The van der Waals surface area contributed by atoms with Gasteiger partial charge in [0.15, 0.2) is 0 Å². The van der Waals surface area contributed by atoms with Gasteiger partial charge in [0, 0.05) is 17.8 Å². The number of aromatic nitrogens is 3. The van der Waals surface area contributed by atoms with Crippen molar-refractivity contribution in [3.05, 3.63) is 56.5 Å². The van der Waals surface area contributed by atoms with E-state index < -0.39 is 0 Å². The quantitative estimate of drug-likeness (QED) is 0.744. The number of benzene rings is 1. The molecule has 2 heterocycles. The molecule has 0 amide bonds. The van der Waals surface area contributed by atoms with Crippen LogP contribution in [-0.2, 0) is 13.1 Å². The van der Waals surface area contributed by atoms with E-state index in [9.17, 15) is 4.79 Å². The number of hydrogen-bond acceptors (Lipinski definition) is 5. The van der Waals surface area contributed by atoms with Crippen molar-refractivity contribution < 1.29 is 0 Å². The van der Waals surface area contributed by atoms with Gasteiger partial charge in [-0.15, -0.1) is 11.3 Å². The molecule has 1 aromatic carbocycles. The molecule has 3 rings (SSSR count). The van der Waals surface area contributed by atoms with E-state index in [0.717, 1.165) is 24.3 Å². The summed E-state index contributed by atoms with van der Waals surface area (Å²) < 4.78 is 0. The average molecular weight is 342 g/mol. The van der Waals surface area contributed by atoms with Crippen molar-refractivity contribution in [1.29, 1.82) is 0 Å². The molecular weight excluding hydrogens is 320 g/mol. The number of hydrogen-bond donors (Lipinski definition) is 1. The molecule has 0 spiro atoms. The Kier molecular flexibility index (Phi) is 5.06. The number of nitrogens with zero attached hydrogens (tertiary/aromatic N) is 3. The van der Waals surface area contributed by atoms with E-state index >= 15 is 0 Å². The van der Waals surface area contributed by atoms with E-state index in [1.54, 1.807) is 17.4 Å². The van der Waals surface area contributed by atoms with Crippen LogP contribution in [0.4, 0.5) is 0 Å². The number of aromatic amines is 1. The lowest BCUT2D eigenvalue weighted by molar-refractivity contribution is 0.261. The van der Waals surface area contributed by atoms with E-state index in [1.807, 2.05) is 18.2 Å². The summed E-state index contributed by atoms with van der Waals surface area (Å²) in [5.74, 6) is 1.15. The van der Waals surface area contributed by atoms with Gasteiger partial charge >= 0.3 is 0 Å². The number of fused-ring (bicyclic) bond motifs is 1. The zero-order chi connectivity index (χ0) is 17.1. The first-order valence-electron chi connectivity index (χ1n) is 8.21. The first-order valence-corrected chi connectivity index (χ1v) is 9.09. The van der Waals surface area contributed by atoms with E-state index in [1.165, 1.54) is 5.01 Å². The van der Waals surface area contributed by atoms with Crippen molar-refractivity contribution in [3.8, 4) is 0 Å². The molecule has 0 bridgehead atoms. The highest BCUT2D eigenvalue weighted by atomic mass is 32.1. The Morgan fingerprint density at radius 2 is 2.00 bits per heavy atom. The predicted octanol–water partition coefficient (Wildman–Crippen LogP) is 3.53. The zero-order valence-electron chi connectivity index (χ0n) is 14.2. The van der Waals surface area contributed by atoms with Crippen LogP contribution in [0.1, 0.15) is 43.2 Å². The van der Waals surface area contributed by atoms with Crippen molar-refractivity contribution in [2.45, 2.75) is 39.8 Å². The lowest BCUT2D eigenvalue weighted by atomic mass is 10.2. The van der Waals surface area contributed by atoms with Crippen LogP contribution in [0.25, 0.3) is 10.9 Å². The highest BCUT2D eigenvalue weighted by Crippen LogP contribution is 2.20. The molecule has 0 fully saturated rings. The summed E-state index contributed by atoms with van der Waals surface area (Å²) in [5, 5.41) is 3.91. The summed E-state index contributed by atoms with van der Waals surface area (Å²) in [4.78, 5) is 26.6. The van der Waals surface area contributed by atoms with Gasteiger partial charge in [-0.2, -0.15) is 0 Å². The van der Waals surface area contributed by atoms with Crippen molar-refractivity contribution in [2.75, 3.05) is 6.54 Å². The number of thiazole rings is 1. The van der Waals surface area contributed by atoms with Crippen molar-refractivity contribution in [3.63, 3.8) is 0 Å². The first kappa shape index (κ1) is 16.8. The smallest absolute Gasteiger partial charge is 0.258 e. The van der Waals surface area contributed by atoms with Gasteiger partial charge in [-0.25, -0.2) is 9.97 Å². The molecule has 2 aromatic heterocycles. The second kappa shape index (κ2) is 7.23. The van der Waals surface area contributed by atoms with Gasteiger partial charge in [-0.1, -0.05) is 32.9 Å². The summed E-state index contributed by atoms with van der Waals surface area (Å²) in [6.45, 7) is 8.65. The summed E-state index contributed by atoms with van der Waals surface area (Å²) in [6.07, 6.45) is 0. The van der Waals surface area contributed by atoms with E-state index in [4.69, 9.17) is 4.98 Å². The zero-order valence-corrected chi connectivity index (χ0v) is 15.1. The Hall–Kier alpha value is -2.05. The first-order chi connectivity index (χ1) is 11.6. The number of H-pyrrole nitrogens is 1. The molecule has 0 aliphatic heterocycles. The molecule has 0 atom stereocenters. The highest BCUT2D eigenvalue weighted by Gasteiger charge is 2.12. The Bertz CT molecular complexity index is 884. The van der Waals surface area contributed by atoms with Gasteiger partial charge < -0.3 is 4.98 Å². The maximum Gasteiger partial charge on any atom is 0.258 e. The topological polar surface area (TPSA) is 61.9 Å². The second-order valence-electron chi connectivity index (χ2n) is 6.16. The van der Waals surface area contributed by atoms with Crippen LogP contribution >= 0.6 is 11.3 Å². The van der Waals surface area contributed by atoms with Crippen LogP contribution in [0.2, 0.25) is 0 Å². The Morgan fingerprint density at radius 3 is 2.71 bits per heavy atom. The molecule has 0 radical (unpaired) electrons. The summed E-state index contributed by atoms with van der Waals surface area (Å²) in [7, 11) is 0. The normalized spacial score (nSPS) is 11.7. The van der Waals surface area contributed by atoms with Gasteiger partial charge in [0.05, 0.1) is 28.1 Å². The van der Waals surface area contributed by atoms with E-state index in [-0.39, 0.29) is 5.56 Å². The minimum Gasteiger partial charge on any atom is -0.309 e. The number of rotatable bonds is 6. The fraction of sp³-hybridized carbons (Fsp3) is 0.389. The molecule has 0 aliphatic rings. The Balaban J connectivity index is 1.78. The third kappa shape index (κ3) is 3.71. The van der Waals surface area contributed by atoms with Crippen molar-refractivity contribution in [2.24, 2.45) is 0 Å². The van der Waals surface area contributed by atoms with Gasteiger partial charge in [-0.05, 0) is 18.7 Å². The van der Waals surface area contributed by atoms with Gasteiger partial charge in [0.25, 0.3) is 5.56 Å². The van der Waals surface area contributed by atoms with Crippen LogP contribution in [0.15, 0.2) is 34.4 Å².